The average Bonchev–Trinajstić information content (AvgIpc) is 3.08. The van der Waals surface area contributed by atoms with Crippen LogP contribution >= 0.6 is 11.0 Å². The fourth-order valence-electron chi connectivity index (χ4n) is 4.86. The molecular weight excluding hydrogens is 470 g/mol. The molecule has 0 saturated carbocycles. The third-order valence-electron chi connectivity index (χ3n) is 6.36. The Labute approximate surface area is 204 Å². The molecule has 0 spiro atoms. The maximum atomic E-state index is 13.6. The Hall–Kier alpha value is -3.35. The monoisotopic (exact) mass is 499 g/mol. The SMILES string of the molecule is Cc1cc(C(=O)N2CCC[C@H](COc3cccc4c3C(N)=NS(O)(O)N4)C2)c2c(C)nn(C)c2n1. The molecule has 0 unspecified atom stereocenters. The molecule has 0 radical (unpaired) electrons. The van der Waals surface area contributed by atoms with Gasteiger partial charge in [0.25, 0.3) is 5.91 Å². The lowest BCUT2D eigenvalue weighted by molar-refractivity contribution is 0.0635. The molecule has 1 atom stereocenters. The number of piperidine rings is 1. The number of hydrogen-bond donors (Lipinski definition) is 4. The van der Waals surface area contributed by atoms with Gasteiger partial charge in [-0.2, -0.15) is 5.10 Å². The Bertz CT molecular complexity index is 1350. The number of benzene rings is 1. The molecule has 2 aliphatic heterocycles. The molecule has 4 heterocycles. The minimum absolute atomic E-state index is 0.0127. The molecule has 5 rings (SSSR count). The Kier molecular flexibility index (Phi) is 5.82. The van der Waals surface area contributed by atoms with E-state index >= 15 is 0 Å². The van der Waals surface area contributed by atoms with Gasteiger partial charge in [-0.25, -0.2) is 4.98 Å². The van der Waals surface area contributed by atoms with Crippen molar-refractivity contribution in [2.45, 2.75) is 26.7 Å². The predicted octanol–water partition coefficient (Wildman–Crippen LogP) is 3.23. The van der Waals surface area contributed by atoms with E-state index in [4.69, 9.17) is 10.5 Å². The molecule has 186 valence electrons. The van der Waals surface area contributed by atoms with Crippen LogP contribution in [0.5, 0.6) is 5.75 Å². The third-order valence-corrected chi connectivity index (χ3v) is 7.31. The minimum Gasteiger partial charge on any atom is -0.492 e. The highest BCUT2D eigenvalue weighted by Gasteiger charge is 2.29. The molecule has 1 fully saturated rings. The van der Waals surface area contributed by atoms with Crippen molar-refractivity contribution in [1.29, 1.82) is 0 Å². The second-order valence-electron chi connectivity index (χ2n) is 9.07. The summed E-state index contributed by atoms with van der Waals surface area (Å²) in [5, 5.41) is 5.25. The van der Waals surface area contributed by atoms with E-state index in [9.17, 15) is 13.9 Å². The smallest absolute Gasteiger partial charge is 0.254 e. The quantitative estimate of drug-likeness (QED) is 0.427. The molecule has 35 heavy (non-hydrogen) atoms. The standard InChI is InChI=1S/C23H29N7O4S/c1-13-10-16(19-14(2)26-29(3)22(19)25-13)23(31)30-9-5-6-15(11-30)12-34-18-8-4-7-17-20(18)21(24)28-35(32,33)27-17/h4,7-8,10,15,27,32-33H,5-6,9,11-12H2,1-3H3,(H2,24,28)/t15-/m0/s1. The molecule has 0 bridgehead atoms. The number of aromatic nitrogens is 3. The van der Waals surface area contributed by atoms with Gasteiger partial charge in [0.15, 0.2) is 11.5 Å². The van der Waals surface area contributed by atoms with Gasteiger partial charge in [-0.1, -0.05) is 6.07 Å². The first kappa shape index (κ1) is 23.4. The normalized spacial score (nSPS) is 20.1. The lowest BCUT2D eigenvalue weighted by Crippen LogP contribution is -2.41. The fraction of sp³-hybridized carbons (Fsp3) is 0.391. The predicted molar refractivity (Wildman–Crippen MR) is 136 cm³/mol. The summed E-state index contributed by atoms with van der Waals surface area (Å²) in [7, 11) is -1.52. The van der Waals surface area contributed by atoms with Crippen molar-refractivity contribution >= 4 is 39.4 Å². The van der Waals surface area contributed by atoms with Gasteiger partial charge >= 0.3 is 0 Å². The maximum absolute atomic E-state index is 13.6. The van der Waals surface area contributed by atoms with E-state index < -0.39 is 11.0 Å². The molecule has 11 nitrogen and oxygen atoms in total. The van der Waals surface area contributed by atoms with Crippen molar-refractivity contribution in [3.8, 4) is 5.75 Å². The number of rotatable bonds is 4. The minimum atomic E-state index is -3.36. The van der Waals surface area contributed by atoms with Crippen molar-refractivity contribution < 1.29 is 18.6 Å². The van der Waals surface area contributed by atoms with Crippen LogP contribution in [0.2, 0.25) is 0 Å². The van der Waals surface area contributed by atoms with Gasteiger partial charge in [-0.15, -0.1) is 4.40 Å². The van der Waals surface area contributed by atoms with Gasteiger partial charge in [0.1, 0.15) is 5.75 Å². The first-order valence-corrected chi connectivity index (χ1v) is 12.9. The van der Waals surface area contributed by atoms with E-state index in [2.05, 4.69) is 19.2 Å². The average molecular weight is 500 g/mol. The third kappa shape index (κ3) is 4.40. The zero-order chi connectivity index (χ0) is 24.9. The van der Waals surface area contributed by atoms with Gasteiger partial charge in [0, 0.05) is 31.7 Å². The molecule has 12 heteroatoms. The lowest BCUT2D eigenvalue weighted by Gasteiger charge is -2.34. The molecule has 0 aliphatic carbocycles. The number of carbonyl (C=O) groups excluding carboxylic acids is 1. The van der Waals surface area contributed by atoms with E-state index in [1.165, 1.54) is 0 Å². The summed E-state index contributed by atoms with van der Waals surface area (Å²) in [6, 6.07) is 7.05. The van der Waals surface area contributed by atoms with Crippen LogP contribution in [0.4, 0.5) is 5.69 Å². The molecule has 5 N–H and O–H groups in total. The van der Waals surface area contributed by atoms with Crippen LogP contribution in [0.1, 0.15) is 40.2 Å². The molecule has 1 amide bonds. The number of likely N-dealkylation sites (tertiary alicyclic amines) is 1. The van der Waals surface area contributed by atoms with Crippen LogP contribution in [-0.2, 0) is 7.05 Å². The summed E-state index contributed by atoms with van der Waals surface area (Å²) in [6.07, 6.45) is 1.80. The van der Waals surface area contributed by atoms with Crippen LogP contribution in [0.25, 0.3) is 11.0 Å². The van der Waals surface area contributed by atoms with Crippen LogP contribution in [0.3, 0.4) is 0 Å². The Morgan fingerprint density at radius 2 is 2.14 bits per heavy atom. The maximum Gasteiger partial charge on any atom is 0.254 e. The summed E-state index contributed by atoms with van der Waals surface area (Å²) in [4.78, 5) is 20.0. The van der Waals surface area contributed by atoms with Crippen molar-refractivity contribution in [3.63, 3.8) is 0 Å². The topological polar surface area (TPSA) is 151 Å². The highest BCUT2D eigenvalue weighted by Crippen LogP contribution is 2.46. The summed E-state index contributed by atoms with van der Waals surface area (Å²) in [6.45, 7) is 5.42. The number of amides is 1. The zero-order valence-electron chi connectivity index (χ0n) is 19.9. The van der Waals surface area contributed by atoms with Crippen LogP contribution in [-0.4, -0.2) is 60.2 Å². The second kappa shape index (κ2) is 8.70. The van der Waals surface area contributed by atoms with Crippen LogP contribution < -0.4 is 15.2 Å². The number of nitrogens with two attached hydrogens (primary N) is 1. The number of hydrogen-bond acceptors (Lipinski definition) is 9. The number of nitrogens with one attached hydrogen (secondary N) is 1. The van der Waals surface area contributed by atoms with E-state index in [1.54, 1.807) is 22.9 Å². The van der Waals surface area contributed by atoms with Crippen molar-refractivity contribution in [2.24, 2.45) is 23.1 Å². The first-order valence-electron chi connectivity index (χ1n) is 11.4. The highest BCUT2D eigenvalue weighted by atomic mass is 32.3. The molecule has 2 aromatic heterocycles. The highest BCUT2D eigenvalue weighted by molar-refractivity contribution is 8.24. The van der Waals surface area contributed by atoms with Crippen molar-refractivity contribution in [1.82, 2.24) is 19.7 Å². The van der Waals surface area contributed by atoms with Gasteiger partial charge < -0.3 is 15.4 Å². The van der Waals surface area contributed by atoms with E-state index in [0.717, 1.165) is 29.6 Å². The van der Waals surface area contributed by atoms with Gasteiger partial charge in [0.05, 0.1) is 34.5 Å². The lowest BCUT2D eigenvalue weighted by atomic mass is 9.97. The first-order chi connectivity index (χ1) is 16.6. The van der Waals surface area contributed by atoms with E-state index in [-0.39, 0.29) is 17.7 Å². The summed E-state index contributed by atoms with van der Waals surface area (Å²) in [5.41, 5.74) is 9.86. The number of amidine groups is 1. The van der Waals surface area contributed by atoms with Crippen molar-refractivity contribution in [2.75, 3.05) is 24.4 Å². The Balaban J connectivity index is 1.33. The van der Waals surface area contributed by atoms with Crippen LogP contribution in [0.15, 0.2) is 28.7 Å². The van der Waals surface area contributed by atoms with Gasteiger partial charge in [-0.3, -0.25) is 23.3 Å². The van der Waals surface area contributed by atoms with E-state index in [1.807, 2.05) is 31.9 Å². The number of aryl methyl sites for hydroxylation is 3. The number of fused-ring (bicyclic) bond motifs is 2. The fourth-order valence-corrected chi connectivity index (χ4v) is 5.73. The molecule has 3 aromatic rings. The summed E-state index contributed by atoms with van der Waals surface area (Å²) < 4.78 is 33.9. The second-order valence-corrected chi connectivity index (χ2v) is 10.5. The Morgan fingerprint density at radius 1 is 1.34 bits per heavy atom. The zero-order valence-corrected chi connectivity index (χ0v) is 20.7. The summed E-state index contributed by atoms with van der Waals surface area (Å²) in [5.74, 6) is 0.627. The number of nitrogens with zero attached hydrogens (tertiary/aromatic N) is 5. The molecular formula is C23H29N7O4S. The van der Waals surface area contributed by atoms with Gasteiger partial charge in [0.2, 0.25) is 0 Å². The van der Waals surface area contributed by atoms with Gasteiger partial charge in [-0.05, 0) is 55.9 Å². The molecule has 2 aliphatic rings. The van der Waals surface area contributed by atoms with Crippen LogP contribution in [0, 0.1) is 19.8 Å². The van der Waals surface area contributed by atoms with Crippen molar-refractivity contribution in [3.05, 3.63) is 46.8 Å². The number of anilines is 1. The largest absolute Gasteiger partial charge is 0.492 e. The number of pyridine rings is 1. The summed E-state index contributed by atoms with van der Waals surface area (Å²) >= 11 is 0. The number of ether oxygens (including phenoxy) is 1. The molecule has 1 aromatic carbocycles. The number of carbonyl (C=O) groups is 1. The Morgan fingerprint density at radius 3 is 2.94 bits per heavy atom. The van der Waals surface area contributed by atoms with E-state index in [0.29, 0.717) is 47.9 Å². The molecule has 1 saturated heterocycles.